The van der Waals surface area contributed by atoms with E-state index >= 15 is 0 Å². The Morgan fingerprint density at radius 2 is 1.64 bits per heavy atom. The normalized spacial score (nSPS) is 11.2. The molecule has 9 heteroatoms. The number of nitrogens with one attached hydrogen (secondary N) is 1. The van der Waals surface area contributed by atoms with E-state index in [4.69, 9.17) is 23.2 Å². The smallest absolute Gasteiger partial charge is 0.273 e. The predicted molar refractivity (Wildman–Crippen MR) is 85.1 cm³/mol. The van der Waals surface area contributed by atoms with Crippen molar-refractivity contribution in [3.05, 3.63) is 62.1 Å². The highest BCUT2D eigenvalue weighted by molar-refractivity contribution is 7.92. The number of nitrogens with zero attached hydrogens (tertiary/aromatic N) is 1. The minimum absolute atomic E-state index is 0.00822. The van der Waals surface area contributed by atoms with Gasteiger partial charge in [0.25, 0.3) is 15.7 Å². The largest absolute Gasteiger partial charge is 0.294 e. The van der Waals surface area contributed by atoms with Gasteiger partial charge in [-0.15, -0.1) is 0 Å². The maximum Gasteiger partial charge on any atom is 0.294 e. The predicted octanol–water partition coefficient (Wildman–Crippen LogP) is 4.01. The van der Waals surface area contributed by atoms with E-state index in [9.17, 15) is 18.5 Å². The van der Waals surface area contributed by atoms with Crippen LogP contribution in [0.2, 0.25) is 10.0 Å². The maximum atomic E-state index is 12.3. The van der Waals surface area contributed by atoms with E-state index in [2.05, 4.69) is 4.72 Å². The van der Waals surface area contributed by atoms with Crippen molar-refractivity contribution in [1.29, 1.82) is 0 Å². The van der Waals surface area contributed by atoms with Gasteiger partial charge in [-0.3, -0.25) is 14.8 Å². The number of anilines is 1. The van der Waals surface area contributed by atoms with Crippen LogP contribution in [0.25, 0.3) is 0 Å². The SMILES string of the molecule is Cc1ccc(S(=O)(=O)Nc2cc(Cl)c(Cl)cc2[N+](=O)[O-])cc1. The van der Waals surface area contributed by atoms with Crippen molar-refractivity contribution in [2.45, 2.75) is 11.8 Å². The molecule has 116 valence electrons. The van der Waals surface area contributed by atoms with E-state index in [1.807, 2.05) is 6.92 Å². The topological polar surface area (TPSA) is 89.3 Å². The summed E-state index contributed by atoms with van der Waals surface area (Å²) in [4.78, 5) is 10.3. The summed E-state index contributed by atoms with van der Waals surface area (Å²) in [6, 6.07) is 8.16. The first-order chi connectivity index (χ1) is 10.2. The van der Waals surface area contributed by atoms with E-state index in [0.29, 0.717) is 0 Å². The average Bonchev–Trinajstić information content (AvgIpc) is 2.42. The summed E-state index contributed by atoms with van der Waals surface area (Å²) in [5.41, 5.74) is 0.157. The van der Waals surface area contributed by atoms with Gasteiger partial charge >= 0.3 is 0 Å². The Morgan fingerprint density at radius 1 is 1.09 bits per heavy atom. The molecule has 0 radical (unpaired) electrons. The zero-order valence-corrected chi connectivity index (χ0v) is 13.5. The summed E-state index contributed by atoms with van der Waals surface area (Å²) in [7, 11) is -3.97. The second-order valence-corrected chi connectivity index (χ2v) is 6.96. The molecule has 0 aromatic heterocycles. The molecule has 0 aliphatic heterocycles. The zero-order chi connectivity index (χ0) is 16.5. The Hall–Kier alpha value is -1.83. The Labute approximate surface area is 136 Å². The quantitative estimate of drug-likeness (QED) is 0.658. The van der Waals surface area contributed by atoms with E-state index < -0.39 is 20.6 Å². The summed E-state index contributed by atoms with van der Waals surface area (Å²) < 4.78 is 26.7. The molecule has 0 unspecified atom stereocenters. The molecule has 0 aliphatic rings. The molecule has 0 saturated carbocycles. The highest BCUT2D eigenvalue weighted by atomic mass is 35.5. The van der Waals surface area contributed by atoms with E-state index in [1.54, 1.807) is 12.1 Å². The van der Waals surface area contributed by atoms with Crippen LogP contribution >= 0.6 is 23.2 Å². The molecular weight excluding hydrogens is 351 g/mol. The Kier molecular flexibility index (Phi) is 4.60. The van der Waals surface area contributed by atoms with Crippen LogP contribution in [-0.2, 0) is 10.0 Å². The minimum Gasteiger partial charge on any atom is -0.273 e. The molecule has 0 bridgehead atoms. The van der Waals surface area contributed by atoms with Crippen LogP contribution in [0.3, 0.4) is 0 Å². The molecule has 0 spiro atoms. The van der Waals surface area contributed by atoms with Crippen molar-refractivity contribution in [2.24, 2.45) is 0 Å². The van der Waals surface area contributed by atoms with Crippen LogP contribution in [0.4, 0.5) is 11.4 Å². The maximum absolute atomic E-state index is 12.3. The van der Waals surface area contributed by atoms with Crippen LogP contribution in [0.15, 0.2) is 41.3 Å². The summed E-state index contributed by atoms with van der Waals surface area (Å²) in [6.07, 6.45) is 0. The lowest BCUT2D eigenvalue weighted by molar-refractivity contribution is -0.383. The van der Waals surface area contributed by atoms with Crippen LogP contribution < -0.4 is 4.72 Å². The lowest BCUT2D eigenvalue weighted by atomic mass is 10.2. The number of nitro groups is 1. The molecular formula is C13H10Cl2N2O4S. The number of rotatable bonds is 4. The molecule has 0 atom stereocenters. The monoisotopic (exact) mass is 360 g/mol. The molecule has 2 aromatic carbocycles. The third-order valence-corrected chi connectivity index (χ3v) is 4.91. The Bertz CT molecular complexity index is 836. The Morgan fingerprint density at radius 3 is 2.18 bits per heavy atom. The zero-order valence-electron chi connectivity index (χ0n) is 11.2. The molecule has 0 fully saturated rings. The number of hydrogen-bond acceptors (Lipinski definition) is 4. The van der Waals surface area contributed by atoms with Gasteiger partial charge in [-0.2, -0.15) is 0 Å². The number of halogens is 2. The van der Waals surface area contributed by atoms with Gasteiger partial charge < -0.3 is 0 Å². The van der Waals surface area contributed by atoms with Crippen molar-refractivity contribution in [3.63, 3.8) is 0 Å². The number of benzene rings is 2. The van der Waals surface area contributed by atoms with Crippen molar-refractivity contribution in [2.75, 3.05) is 4.72 Å². The first-order valence-electron chi connectivity index (χ1n) is 5.93. The highest BCUT2D eigenvalue weighted by Gasteiger charge is 2.22. The minimum atomic E-state index is -3.97. The second kappa shape index (κ2) is 6.12. The highest BCUT2D eigenvalue weighted by Crippen LogP contribution is 2.35. The van der Waals surface area contributed by atoms with Gasteiger partial charge in [-0.25, -0.2) is 8.42 Å². The van der Waals surface area contributed by atoms with Gasteiger partial charge in [0.15, 0.2) is 0 Å². The molecule has 22 heavy (non-hydrogen) atoms. The van der Waals surface area contributed by atoms with Crippen molar-refractivity contribution in [3.8, 4) is 0 Å². The van der Waals surface area contributed by atoms with E-state index in [-0.39, 0.29) is 20.6 Å². The number of aryl methyl sites for hydroxylation is 1. The van der Waals surface area contributed by atoms with Gasteiger partial charge in [0.05, 0.1) is 19.9 Å². The van der Waals surface area contributed by atoms with Gasteiger partial charge in [-0.05, 0) is 25.1 Å². The van der Waals surface area contributed by atoms with Gasteiger partial charge in [0.2, 0.25) is 0 Å². The average molecular weight is 361 g/mol. The summed E-state index contributed by atoms with van der Waals surface area (Å²) in [5, 5.41) is 11.0. The van der Waals surface area contributed by atoms with Crippen LogP contribution in [0.5, 0.6) is 0 Å². The molecule has 2 aromatic rings. The van der Waals surface area contributed by atoms with Gasteiger partial charge in [0.1, 0.15) is 5.69 Å². The number of hydrogen-bond donors (Lipinski definition) is 1. The van der Waals surface area contributed by atoms with Gasteiger partial charge in [-0.1, -0.05) is 40.9 Å². The van der Waals surface area contributed by atoms with Crippen molar-refractivity contribution >= 4 is 44.6 Å². The molecule has 1 N–H and O–H groups in total. The third kappa shape index (κ3) is 3.49. The first kappa shape index (κ1) is 16.5. The molecule has 2 rings (SSSR count). The first-order valence-corrected chi connectivity index (χ1v) is 8.17. The fourth-order valence-corrected chi connectivity index (χ4v) is 3.08. The summed E-state index contributed by atoms with van der Waals surface area (Å²) in [5.74, 6) is 0. The Balaban J connectivity index is 2.47. The summed E-state index contributed by atoms with van der Waals surface area (Å²) in [6.45, 7) is 1.81. The molecule has 0 aliphatic carbocycles. The standard InChI is InChI=1S/C13H10Cl2N2O4S/c1-8-2-4-9(5-3-8)22(20,21)16-12-6-10(14)11(15)7-13(12)17(18)19/h2-7,16H,1H3. The molecule has 0 heterocycles. The van der Waals surface area contributed by atoms with E-state index in [1.165, 1.54) is 12.1 Å². The molecule has 0 amide bonds. The fraction of sp³-hybridized carbons (Fsp3) is 0.0769. The lowest BCUT2D eigenvalue weighted by Crippen LogP contribution is -2.14. The van der Waals surface area contributed by atoms with Crippen LogP contribution in [0.1, 0.15) is 5.56 Å². The van der Waals surface area contributed by atoms with Crippen LogP contribution in [-0.4, -0.2) is 13.3 Å². The third-order valence-electron chi connectivity index (χ3n) is 2.81. The number of sulfonamides is 1. The van der Waals surface area contributed by atoms with Crippen molar-refractivity contribution < 1.29 is 13.3 Å². The summed E-state index contributed by atoms with van der Waals surface area (Å²) >= 11 is 11.5. The van der Waals surface area contributed by atoms with Gasteiger partial charge in [0, 0.05) is 6.07 Å². The molecule has 0 saturated heterocycles. The number of nitro benzene ring substituents is 1. The van der Waals surface area contributed by atoms with Crippen molar-refractivity contribution in [1.82, 2.24) is 0 Å². The van der Waals surface area contributed by atoms with E-state index in [0.717, 1.165) is 17.7 Å². The fourth-order valence-electron chi connectivity index (χ4n) is 1.69. The van der Waals surface area contributed by atoms with Crippen LogP contribution in [0, 0.1) is 17.0 Å². The second-order valence-electron chi connectivity index (χ2n) is 4.46. The lowest BCUT2D eigenvalue weighted by Gasteiger charge is -2.10. The molecule has 6 nitrogen and oxygen atoms in total.